The van der Waals surface area contributed by atoms with Crippen LogP contribution in [0.5, 0.6) is 0 Å². The Balaban J connectivity index is 0.00000176. The number of benzene rings is 2. The van der Waals surface area contributed by atoms with E-state index in [1.807, 2.05) is 0 Å². The van der Waals surface area contributed by atoms with Crippen molar-refractivity contribution in [2.45, 2.75) is 33.0 Å². The number of fused-ring (bicyclic) bond motifs is 1. The van der Waals surface area contributed by atoms with Gasteiger partial charge in [0.1, 0.15) is 0 Å². The summed E-state index contributed by atoms with van der Waals surface area (Å²) in [6.07, 6.45) is 2.29. The lowest BCUT2D eigenvalue weighted by Crippen LogP contribution is -2.12. The smallest absolute Gasteiger partial charge is 0.0486 e. The quantitative estimate of drug-likeness (QED) is 0.706. The summed E-state index contributed by atoms with van der Waals surface area (Å²) in [5.74, 6) is 0. The highest BCUT2D eigenvalue weighted by molar-refractivity contribution is 5.85. The fourth-order valence-corrected chi connectivity index (χ4v) is 2.78. The lowest BCUT2D eigenvalue weighted by atomic mass is 10.1. The van der Waals surface area contributed by atoms with Crippen LogP contribution in [0.25, 0.3) is 10.9 Å². The van der Waals surface area contributed by atoms with Crippen LogP contribution in [0.3, 0.4) is 0 Å². The van der Waals surface area contributed by atoms with Gasteiger partial charge in [0.15, 0.2) is 0 Å². The summed E-state index contributed by atoms with van der Waals surface area (Å²) in [5.41, 5.74) is 4.02. The monoisotopic (exact) mass is 314 g/mol. The highest BCUT2D eigenvalue weighted by Crippen LogP contribution is 2.24. The normalized spacial score (nSPS) is 10.9. The van der Waals surface area contributed by atoms with Crippen molar-refractivity contribution >= 4 is 23.3 Å². The Morgan fingerprint density at radius 2 is 1.59 bits per heavy atom. The van der Waals surface area contributed by atoms with Crippen LogP contribution in [0, 0.1) is 0 Å². The molecular formula is C19H23ClN2. The first-order chi connectivity index (χ1) is 10.3. The minimum Gasteiger partial charge on any atom is -0.345 e. The summed E-state index contributed by atoms with van der Waals surface area (Å²) >= 11 is 0. The molecule has 3 heteroatoms. The summed E-state index contributed by atoms with van der Waals surface area (Å²) in [7, 11) is 0. The molecule has 0 aliphatic heterocycles. The Hall–Kier alpha value is -1.77. The number of para-hydroxylation sites is 1. The topological polar surface area (TPSA) is 17.0 Å². The van der Waals surface area contributed by atoms with E-state index >= 15 is 0 Å². The summed E-state index contributed by atoms with van der Waals surface area (Å²) in [6.45, 7) is 6.26. The first-order valence-electron chi connectivity index (χ1n) is 7.59. The van der Waals surface area contributed by atoms with Gasteiger partial charge in [-0.05, 0) is 31.0 Å². The van der Waals surface area contributed by atoms with Gasteiger partial charge in [-0.15, -0.1) is 12.4 Å². The Morgan fingerprint density at radius 3 is 2.32 bits per heavy atom. The Morgan fingerprint density at radius 1 is 0.909 bits per heavy atom. The molecule has 1 aromatic heterocycles. The van der Waals surface area contributed by atoms with Crippen LogP contribution in [0.1, 0.15) is 31.0 Å². The summed E-state index contributed by atoms with van der Waals surface area (Å²) in [6, 6.07) is 19.7. The summed E-state index contributed by atoms with van der Waals surface area (Å²) in [5, 5.41) is 4.90. The van der Waals surface area contributed by atoms with Crippen LogP contribution in [-0.2, 0) is 13.1 Å². The van der Waals surface area contributed by atoms with Crippen molar-refractivity contribution in [3.05, 3.63) is 71.9 Å². The number of halogens is 1. The Kier molecular flexibility index (Phi) is 5.64. The standard InChI is InChI=1S/C19H22N2.ClH/c1-15(2)21-14-17(18-10-6-7-11-19(18)21)13-20-12-16-8-4-3-5-9-16;/h3-11,14-15,20H,12-13H2,1-2H3;1H. The number of aromatic nitrogens is 1. The third-order valence-corrected chi connectivity index (χ3v) is 3.87. The van der Waals surface area contributed by atoms with E-state index in [-0.39, 0.29) is 12.4 Å². The average Bonchev–Trinajstić information content (AvgIpc) is 2.88. The number of nitrogens with zero attached hydrogens (tertiary/aromatic N) is 1. The maximum Gasteiger partial charge on any atom is 0.0486 e. The van der Waals surface area contributed by atoms with E-state index in [9.17, 15) is 0 Å². The molecule has 22 heavy (non-hydrogen) atoms. The van der Waals surface area contributed by atoms with E-state index in [0.717, 1.165) is 13.1 Å². The van der Waals surface area contributed by atoms with Gasteiger partial charge in [0.05, 0.1) is 0 Å². The number of nitrogens with one attached hydrogen (secondary N) is 1. The van der Waals surface area contributed by atoms with Crippen LogP contribution in [0.15, 0.2) is 60.8 Å². The molecule has 3 aromatic rings. The van der Waals surface area contributed by atoms with Crippen molar-refractivity contribution in [3.63, 3.8) is 0 Å². The van der Waals surface area contributed by atoms with Gasteiger partial charge in [0.2, 0.25) is 0 Å². The molecule has 0 spiro atoms. The van der Waals surface area contributed by atoms with Crippen molar-refractivity contribution in [1.82, 2.24) is 9.88 Å². The Labute approximate surface area is 138 Å². The van der Waals surface area contributed by atoms with Gasteiger partial charge in [-0.2, -0.15) is 0 Å². The molecule has 3 rings (SSSR count). The van der Waals surface area contributed by atoms with Crippen LogP contribution in [0.2, 0.25) is 0 Å². The zero-order valence-electron chi connectivity index (χ0n) is 13.1. The molecule has 2 nitrogen and oxygen atoms in total. The molecule has 2 aromatic carbocycles. The Bertz CT molecular complexity index is 717. The third-order valence-electron chi connectivity index (χ3n) is 3.87. The fourth-order valence-electron chi connectivity index (χ4n) is 2.78. The zero-order chi connectivity index (χ0) is 14.7. The van der Waals surface area contributed by atoms with Crippen molar-refractivity contribution in [2.75, 3.05) is 0 Å². The van der Waals surface area contributed by atoms with E-state index < -0.39 is 0 Å². The molecule has 1 heterocycles. The van der Waals surface area contributed by atoms with Crippen molar-refractivity contribution < 1.29 is 0 Å². The van der Waals surface area contributed by atoms with Gasteiger partial charge in [-0.1, -0.05) is 48.5 Å². The second kappa shape index (κ2) is 7.48. The van der Waals surface area contributed by atoms with Gasteiger partial charge < -0.3 is 9.88 Å². The lowest BCUT2D eigenvalue weighted by Gasteiger charge is -2.08. The van der Waals surface area contributed by atoms with Crippen LogP contribution >= 0.6 is 12.4 Å². The molecule has 116 valence electrons. The molecule has 0 aliphatic rings. The molecule has 0 atom stereocenters. The fraction of sp³-hybridized carbons (Fsp3) is 0.263. The third kappa shape index (κ3) is 3.52. The highest BCUT2D eigenvalue weighted by atomic mass is 35.5. The zero-order valence-corrected chi connectivity index (χ0v) is 13.9. The first-order valence-corrected chi connectivity index (χ1v) is 7.59. The molecule has 0 saturated heterocycles. The molecule has 1 N–H and O–H groups in total. The number of rotatable bonds is 5. The molecule has 0 fully saturated rings. The van der Waals surface area contributed by atoms with E-state index in [1.54, 1.807) is 0 Å². The first kappa shape index (κ1) is 16.6. The van der Waals surface area contributed by atoms with Gasteiger partial charge in [0.25, 0.3) is 0 Å². The van der Waals surface area contributed by atoms with E-state index in [1.165, 1.54) is 22.0 Å². The number of hydrogen-bond donors (Lipinski definition) is 1. The van der Waals surface area contributed by atoms with Crippen molar-refractivity contribution in [1.29, 1.82) is 0 Å². The van der Waals surface area contributed by atoms with Gasteiger partial charge >= 0.3 is 0 Å². The molecule has 0 unspecified atom stereocenters. The molecule has 0 aliphatic carbocycles. The SMILES string of the molecule is CC(C)n1cc(CNCc2ccccc2)c2ccccc21.Cl. The van der Waals surface area contributed by atoms with Crippen molar-refractivity contribution in [2.24, 2.45) is 0 Å². The van der Waals surface area contributed by atoms with E-state index in [2.05, 4.69) is 84.5 Å². The predicted molar refractivity (Wildman–Crippen MR) is 96.6 cm³/mol. The molecule has 0 radical (unpaired) electrons. The molecule has 0 saturated carbocycles. The minimum atomic E-state index is 0. The average molecular weight is 315 g/mol. The molecule has 0 amide bonds. The second-order valence-corrected chi connectivity index (χ2v) is 5.76. The van der Waals surface area contributed by atoms with Crippen molar-refractivity contribution in [3.8, 4) is 0 Å². The van der Waals surface area contributed by atoms with E-state index in [4.69, 9.17) is 0 Å². The number of hydrogen-bond acceptors (Lipinski definition) is 1. The molecular weight excluding hydrogens is 292 g/mol. The highest BCUT2D eigenvalue weighted by Gasteiger charge is 2.09. The summed E-state index contributed by atoms with van der Waals surface area (Å²) in [4.78, 5) is 0. The van der Waals surface area contributed by atoms with Gasteiger partial charge in [-0.3, -0.25) is 0 Å². The largest absolute Gasteiger partial charge is 0.345 e. The van der Waals surface area contributed by atoms with Gasteiger partial charge in [0, 0.05) is 36.2 Å². The van der Waals surface area contributed by atoms with Gasteiger partial charge in [-0.25, -0.2) is 0 Å². The minimum absolute atomic E-state index is 0. The predicted octanol–water partition coefficient (Wildman–Crippen LogP) is 4.93. The maximum absolute atomic E-state index is 3.55. The maximum atomic E-state index is 3.55. The summed E-state index contributed by atoms with van der Waals surface area (Å²) < 4.78 is 2.36. The lowest BCUT2D eigenvalue weighted by molar-refractivity contribution is 0.616. The molecule has 0 bridgehead atoms. The van der Waals surface area contributed by atoms with Crippen LogP contribution < -0.4 is 5.32 Å². The van der Waals surface area contributed by atoms with Crippen LogP contribution in [-0.4, -0.2) is 4.57 Å². The van der Waals surface area contributed by atoms with E-state index in [0.29, 0.717) is 6.04 Å². The second-order valence-electron chi connectivity index (χ2n) is 5.76. The van der Waals surface area contributed by atoms with Crippen LogP contribution in [0.4, 0.5) is 0 Å².